The summed E-state index contributed by atoms with van der Waals surface area (Å²) in [6, 6.07) is 4.76. The van der Waals surface area contributed by atoms with Crippen molar-refractivity contribution in [3.05, 3.63) is 35.4 Å². The molecule has 1 heterocycles. The quantitative estimate of drug-likeness (QED) is 0.635. The van der Waals surface area contributed by atoms with Gasteiger partial charge >= 0.3 is 11.9 Å². The Bertz CT molecular complexity index is 592. The molecule has 0 bridgehead atoms. The number of nitrogens with one attached hydrogen (secondary N) is 1. The molecule has 3 N–H and O–H groups in total. The van der Waals surface area contributed by atoms with Crippen molar-refractivity contribution in [2.45, 2.75) is 18.9 Å². The summed E-state index contributed by atoms with van der Waals surface area (Å²) in [5.74, 6) is -3.81. The molecule has 0 fully saturated rings. The molecule has 0 spiro atoms. The number of carboxylic acid groups (broad SMARTS) is 2. The van der Waals surface area contributed by atoms with E-state index in [4.69, 9.17) is 10.2 Å². The first kappa shape index (κ1) is 14.7. The fourth-order valence-corrected chi connectivity index (χ4v) is 1.97. The van der Waals surface area contributed by atoms with E-state index >= 15 is 0 Å². The van der Waals surface area contributed by atoms with Crippen molar-refractivity contribution >= 4 is 23.8 Å². The Morgan fingerprint density at radius 1 is 1.10 bits per heavy atom. The van der Waals surface area contributed by atoms with Gasteiger partial charge in [-0.05, 0) is 18.6 Å². The molecule has 1 atom stereocenters. The summed E-state index contributed by atoms with van der Waals surface area (Å²) in [7, 11) is 0. The summed E-state index contributed by atoms with van der Waals surface area (Å²) in [6.07, 6.45) is -0.648. The zero-order chi connectivity index (χ0) is 15.6. The summed E-state index contributed by atoms with van der Waals surface area (Å²) < 4.78 is 0. The van der Waals surface area contributed by atoms with Gasteiger partial charge in [-0.25, -0.2) is 10.4 Å². The molecule has 110 valence electrons. The van der Waals surface area contributed by atoms with E-state index in [9.17, 15) is 19.2 Å². The van der Waals surface area contributed by atoms with Crippen LogP contribution in [0.4, 0.5) is 0 Å². The summed E-state index contributed by atoms with van der Waals surface area (Å²) in [6.45, 7) is 0. The second-order valence-electron chi connectivity index (χ2n) is 4.44. The van der Waals surface area contributed by atoms with Crippen molar-refractivity contribution in [2.24, 2.45) is 0 Å². The van der Waals surface area contributed by atoms with Gasteiger partial charge in [0.25, 0.3) is 11.8 Å². The van der Waals surface area contributed by atoms with Crippen LogP contribution in [0.25, 0.3) is 0 Å². The zero-order valence-corrected chi connectivity index (χ0v) is 10.8. The summed E-state index contributed by atoms with van der Waals surface area (Å²) in [5.41, 5.74) is 2.64. The minimum atomic E-state index is -1.34. The smallest absolute Gasteiger partial charge is 0.322 e. The normalized spacial score (nSPS) is 15.0. The van der Waals surface area contributed by atoms with Crippen LogP contribution in [0.5, 0.6) is 0 Å². The van der Waals surface area contributed by atoms with Crippen molar-refractivity contribution in [3.63, 3.8) is 0 Å². The van der Waals surface area contributed by atoms with E-state index in [0.29, 0.717) is 5.01 Å². The van der Waals surface area contributed by atoms with Crippen LogP contribution in [0, 0.1) is 0 Å². The number of rotatable bonds is 6. The van der Waals surface area contributed by atoms with E-state index in [1.165, 1.54) is 12.1 Å². The third-order valence-electron chi connectivity index (χ3n) is 3.02. The number of aliphatic carboxylic acids is 2. The lowest BCUT2D eigenvalue weighted by Gasteiger charge is -2.20. The predicted molar refractivity (Wildman–Crippen MR) is 68.4 cm³/mol. The maximum absolute atomic E-state index is 12.0. The molecule has 2 rings (SSSR count). The molecule has 1 aromatic rings. The molecule has 0 saturated carbocycles. The Labute approximate surface area is 118 Å². The van der Waals surface area contributed by atoms with Gasteiger partial charge in [-0.2, -0.15) is 0 Å². The number of hydrazine groups is 1. The van der Waals surface area contributed by atoms with Crippen molar-refractivity contribution in [1.29, 1.82) is 0 Å². The highest BCUT2D eigenvalue weighted by atomic mass is 16.4. The lowest BCUT2D eigenvalue weighted by molar-refractivity contribution is -0.141. The van der Waals surface area contributed by atoms with Crippen LogP contribution in [0.3, 0.4) is 0 Å². The molecule has 2 amide bonds. The third kappa shape index (κ3) is 2.90. The van der Waals surface area contributed by atoms with Crippen molar-refractivity contribution < 1.29 is 29.4 Å². The molecule has 0 unspecified atom stereocenters. The number of amides is 2. The van der Waals surface area contributed by atoms with Crippen LogP contribution in [0.2, 0.25) is 0 Å². The lowest BCUT2D eigenvalue weighted by Crippen LogP contribution is -2.51. The molecule has 8 heteroatoms. The number of hydrogen-bond acceptors (Lipinski definition) is 5. The number of nitrogens with zero attached hydrogens (tertiary/aromatic N) is 1. The fraction of sp³-hybridized carbons (Fsp3) is 0.231. The van der Waals surface area contributed by atoms with E-state index in [1.54, 1.807) is 12.1 Å². The van der Waals surface area contributed by atoms with Gasteiger partial charge in [0.1, 0.15) is 6.04 Å². The first-order valence-corrected chi connectivity index (χ1v) is 6.10. The SMILES string of the molecule is O=C(O)CC[C@H](NN1C(=O)c2ccccc2C1=O)C(=O)O. The molecular formula is C13H12N2O6. The van der Waals surface area contributed by atoms with Crippen LogP contribution in [-0.4, -0.2) is 45.0 Å². The van der Waals surface area contributed by atoms with Gasteiger partial charge in [0.2, 0.25) is 0 Å². The van der Waals surface area contributed by atoms with Gasteiger partial charge in [0, 0.05) is 6.42 Å². The topological polar surface area (TPSA) is 124 Å². The van der Waals surface area contributed by atoms with Crippen molar-refractivity contribution in [2.75, 3.05) is 0 Å². The van der Waals surface area contributed by atoms with Crippen molar-refractivity contribution in [1.82, 2.24) is 10.4 Å². The highest BCUT2D eigenvalue weighted by Crippen LogP contribution is 2.21. The lowest BCUT2D eigenvalue weighted by atomic mass is 10.1. The Morgan fingerprint density at radius 3 is 2.05 bits per heavy atom. The second-order valence-corrected chi connectivity index (χ2v) is 4.44. The van der Waals surface area contributed by atoms with Crippen LogP contribution in [-0.2, 0) is 9.59 Å². The first-order chi connectivity index (χ1) is 9.91. The van der Waals surface area contributed by atoms with Crippen molar-refractivity contribution in [3.8, 4) is 0 Å². The van der Waals surface area contributed by atoms with Gasteiger partial charge in [-0.3, -0.25) is 19.2 Å². The van der Waals surface area contributed by atoms with Gasteiger partial charge in [0.15, 0.2) is 0 Å². The van der Waals surface area contributed by atoms with Gasteiger partial charge in [-0.1, -0.05) is 12.1 Å². The average Bonchev–Trinajstić information content (AvgIpc) is 2.68. The first-order valence-electron chi connectivity index (χ1n) is 6.10. The van der Waals surface area contributed by atoms with E-state index < -0.39 is 36.2 Å². The summed E-state index contributed by atoms with van der Waals surface area (Å²) in [4.78, 5) is 45.7. The fourth-order valence-electron chi connectivity index (χ4n) is 1.97. The molecule has 0 saturated heterocycles. The van der Waals surface area contributed by atoms with Crippen LogP contribution >= 0.6 is 0 Å². The Kier molecular flexibility index (Phi) is 3.99. The highest BCUT2D eigenvalue weighted by Gasteiger charge is 2.37. The number of carboxylic acids is 2. The highest BCUT2D eigenvalue weighted by molar-refractivity contribution is 6.21. The number of hydrogen-bond donors (Lipinski definition) is 3. The largest absolute Gasteiger partial charge is 0.481 e. The molecular weight excluding hydrogens is 280 g/mol. The maximum Gasteiger partial charge on any atom is 0.322 e. The molecule has 0 aliphatic carbocycles. The van der Waals surface area contributed by atoms with Gasteiger partial charge in [-0.15, -0.1) is 0 Å². The number of benzene rings is 1. The number of carbonyl (C=O) groups excluding carboxylic acids is 2. The second kappa shape index (κ2) is 5.71. The minimum Gasteiger partial charge on any atom is -0.481 e. The van der Waals surface area contributed by atoms with E-state index in [0.717, 1.165) is 0 Å². The standard InChI is InChI=1S/C13H12N2O6/c16-10(17)6-5-9(13(20)21)14-15-11(18)7-3-1-2-4-8(7)12(15)19/h1-4,9,14H,5-6H2,(H,16,17)(H,20,21)/t9-/m0/s1. The molecule has 0 aromatic heterocycles. The minimum absolute atomic E-state index is 0.178. The average molecular weight is 292 g/mol. The van der Waals surface area contributed by atoms with E-state index in [2.05, 4.69) is 5.43 Å². The van der Waals surface area contributed by atoms with E-state index in [-0.39, 0.29) is 17.5 Å². The Balaban J connectivity index is 2.16. The third-order valence-corrected chi connectivity index (χ3v) is 3.02. The summed E-state index contributed by atoms with van der Waals surface area (Å²) >= 11 is 0. The monoisotopic (exact) mass is 292 g/mol. The molecule has 1 aliphatic heterocycles. The zero-order valence-electron chi connectivity index (χ0n) is 10.8. The predicted octanol–water partition coefficient (Wildman–Crippen LogP) is 0.105. The Hall–Kier alpha value is -2.74. The van der Waals surface area contributed by atoms with Crippen LogP contribution in [0.15, 0.2) is 24.3 Å². The molecule has 21 heavy (non-hydrogen) atoms. The number of carbonyl (C=O) groups is 4. The molecule has 1 aliphatic rings. The van der Waals surface area contributed by atoms with Gasteiger partial charge in [0.05, 0.1) is 11.1 Å². The molecule has 1 aromatic carbocycles. The molecule has 8 nitrogen and oxygen atoms in total. The maximum atomic E-state index is 12.0. The molecule has 0 radical (unpaired) electrons. The van der Waals surface area contributed by atoms with Crippen LogP contribution < -0.4 is 5.43 Å². The van der Waals surface area contributed by atoms with Gasteiger partial charge < -0.3 is 10.2 Å². The number of fused-ring (bicyclic) bond motifs is 1. The number of imide groups is 1. The Morgan fingerprint density at radius 2 is 1.62 bits per heavy atom. The van der Waals surface area contributed by atoms with Crippen LogP contribution in [0.1, 0.15) is 33.6 Å². The summed E-state index contributed by atoms with van der Waals surface area (Å²) in [5, 5.41) is 18.2. The van der Waals surface area contributed by atoms with E-state index in [1.807, 2.05) is 0 Å².